The molecule has 1 atom stereocenters. The highest BCUT2D eigenvalue weighted by molar-refractivity contribution is 7.89. The summed E-state index contributed by atoms with van der Waals surface area (Å²) in [7, 11) is -2.12. The van der Waals surface area contributed by atoms with Crippen LogP contribution < -0.4 is 19.5 Å². The number of piperidine rings is 1. The lowest BCUT2D eigenvalue weighted by Gasteiger charge is -2.30. The highest BCUT2D eigenvalue weighted by Gasteiger charge is 2.33. The van der Waals surface area contributed by atoms with E-state index >= 15 is 0 Å². The number of carbonyl (C=O) groups is 1. The summed E-state index contributed by atoms with van der Waals surface area (Å²) >= 11 is 1.18. The van der Waals surface area contributed by atoms with Crippen molar-refractivity contribution < 1.29 is 27.4 Å². The topological polar surface area (TPSA) is 120 Å². The number of amides is 1. The van der Waals surface area contributed by atoms with Gasteiger partial charge in [0.2, 0.25) is 21.8 Å². The highest BCUT2D eigenvalue weighted by atomic mass is 32.2. The fourth-order valence-electron chi connectivity index (χ4n) is 3.91. The van der Waals surface area contributed by atoms with Gasteiger partial charge >= 0.3 is 0 Å². The largest absolute Gasteiger partial charge is 0.497 e. The standard InChI is InChI=1S/C22H22N4O6S2/c1-30-16-5-7-17(8-6-16)34(28,29)26-10-2-3-14(12-26)21-24-25-22(33-21)20(27)23-15-4-9-18-19(11-15)32-13-31-18/h4-9,11,14H,2-3,10,12-13H2,1H3,(H,23,27). The minimum absolute atomic E-state index is 0.133. The fourth-order valence-corrected chi connectivity index (χ4v) is 6.30. The Morgan fingerprint density at radius 2 is 1.94 bits per heavy atom. The van der Waals surface area contributed by atoms with Crippen LogP contribution in [0.3, 0.4) is 0 Å². The molecule has 2 aromatic carbocycles. The number of hydrogen-bond donors (Lipinski definition) is 1. The van der Waals surface area contributed by atoms with E-state index in [1.165, 1.54) is 22.8 Å². The first kappa shape index (κ1) is 22.6. The molecule has 1 aromatic heterocycles. The maximum absolute atomic E-state index is 13.1. The second-order valence-corrected chi connectivity index (χ2v) is 10.8. The second-order valence-electron chi connectivity index (χ2n) is 7.85. The van der Waals surface area contributed by atoms with Crippen LogP contribution in [0.5, 0.6) is 17.2 Å². The van der Waals surface area contributed by atoms with Crippen LogP contribution in [0, 0.1) is 0 Å². The van der Waals surface area contributed by atoms with Crippen molar-refractivity contribution in [3.63, 3.8) is 0 Å². The molecule has 1 saturated heterocycles. The first-order chi connectivity index (χ1) is 16.4. The van der Waals surface area contributed by atoms with Crippen LogP contribution in [-0.4, -0.2) is 55.8 Å². The number of nitrogens with zero attached hydrogens (tertiary/aromatic N) is 3. The van der Waals surface area contributed by atoms with Gasteiger partial charge in [-0.25, -0.2) is 8.42 Å². The zero-order chi connectivity index (χ0) is 23.7. The molecule has 3 heterocycles. The lowest BCUT2D eigenvalue weighted by Crippen LogP contribution is -2.39. The van der Waals surface area contributed by atoms with E-state index in [0.717, 1.165) is 6.42 Å². The van der Waals surface area contributed by atoms with Gasteiger partial charge in [0.15, 0.2) is 11.5 Å². The molecule has 10 nitrogen and oxygen atoms in total. The number of benzene rings is 2. The smallest absolute Gasteiger partial charge is 0.286 e. The van der Waals surface area contributed by atoms with E-state index in [0.29, 0.717) is 40.9 Å². The van der Waals surface area contributed by atoms with Crippen molar-refractivity contribution in [2.75, 3.05) is 32.3 Å². The van der Waals surface area contributed by atoms with Crippen LogP contribution >= 0.6 is 11.3 Å². The molecule has 2 aliphatic heterocycles. The summed E-state index contributed by atoms with van der Waals surface area (Å²) in [6.45, 7) is 0.868. The number of methoxy groups -OCH3 is 1. The number of carbonyl (C=O) groups excluding carboxylic acids is 1. The van der Waals surface area contributed by atoms with E-state index in [2.05, 4.69) is 15.5 Å². The molecular weight excluding hydrogens is 480 g/mol. The molecule has 1 fully saturated rings. The van der Waals surface area contributed by atoms with Gasteiger partial charge in [-0.15, -0.1) is 10.2 Å². The first-order valence-corrected chi connectivity index (χ1v) is 12.9. The predicted molar refractivity (Wildman–Crippen MR) is 124 cm³/mol. The number of anilines is 1. The lowest BCUT2D eigenvalue weighted by molar-refractivity contribution is 0.102. The molecular formula is C22H22N4O6S2. The second kappa shape index (κ2) is 9.20. The first-order valence-electron chi connectivity index (χ1n) is 10.6. The summed E-state index contributed by atoms with van der Waals surface area (Å²) < 4.78 is 43.5. The minimum atomic E-state index is -3.65. The van der Waals surface area contributed by atoms with E-state index in [-0.39, 0.29) is 35.1 Å². The van der Waals surface area contributed by atoms with Crippen molar-refractivity contribution in [3.8, 4) is 17.2 Å². The quantitative estimate of drug-likeness (QED) is 0.546. The summed E-state index contributed by atoms with van der Waals surface area (Å²) in [5, 5.41) is 11.9. The van der Waals surface area contributed by atoms with Crippen LogP contribution in [0.25, 0.3) is 0 Å². The third-order valence-electron chi connectivity index (χ3n) is 5.70. The Hall–Kier alpha value is -3.22. The molecule has 1 amide bonds. The molecule has 3 aromatic rings. The molecule has 5 rings (SSSR count). The third kappa shape index (κ3) is 4.43. The minimum Gasteiger partial charge on any atom is -0.497 e. The molecule has 178 valence electrons. The molecule has 1 N–H and O–H groups in total. The van der Waals surface area contributed by atoms with E-state index in [9.17, 15) is 13.2 Å². The third-order valence-corrected chi connectivity index (χ3v) is 8.66. The number of aromatic nitrogens is 2. The van der Waals surface area contributed by atoms with Crippen molar-refractivity contribution in [2.24, 2.45) is 0 Å². The van der Waals surface area contributed by atoms with Crippen molar-refractivity contribution in [1.82, 2.24) is 14.5 Å². The van der Waals surface area contributed by atoms with E-state index in [1.807, 2.05) is 0 Å². The van der Waals surface area contributed by atoms with Crippen LogP contribution in [0.2, 0.25) is 0 Å². The Bertz CT molecular complexity index is 1310. The van der Waals surface area contributed by atoms with Crippen LogP contribution in [0.1, 0.15) is 33.6 Å². The molecule has 34 heavy (non-hydrogen) atoms. The Morgan fingerprint density at radius 1 is 1.15 bits per heavy atom. The number of ether oxygens (including phenoxy) is 3. The Kier molecular flexibility index (Phi) is 6.11. The number of rotatable bonds is 6. The van der Waals surface area contributed by atoms with Crippen molar-refractivity contribution in [2.45, 2.75) is 23.7 Å². The van der Waals surface area contributed by atoms with Gasteiger partial charge in [0, 0.05) is 30.8 Å². The van der Waals surface area contributed by atoms with Crippen molar-refractivity contribution >= 4 is 33.0 Å². The summed E-state index contributed by atoms with van der Waals surface area (Å²) in [5.74, 6) is 1.27. The Balaban J connectivity index is 1.27. The molecule has 0 spiro atoms. The van der Waals surface area contributed by atoms with Crippen LogP contribution in [-0.2, 0) is 10.0 Å². The predicted octanol–water partition coefficient (Wildman–Crippen LogP) is 3.10. The Morgan fingerprint density at radius 3 is 2.74 bits per heavy atom. The summed E-state index contributed by atoms with van der Waals surface area (Å²) in [6.07, 6.45) is 1.46. The maximum Gasteiger partial charge on any atom is 0.286 e. The van der Waals surface area contributed by atoms with Crippen molar-refractivity contribution in [3.05, 3.63) is 52.5 Å². The lowest BCUT2D eigenvalue weighted by atomic mass is 10.0. The Labute approximate surface area is 200 Å². The van der Waals surface area contributed by atoms with Gasteiger partial charge < -0.3 is 19.5 Å². The van der Waals surface area contributed by atoms with Gasteiger partial charge in [-0.05, 0) is 49.2 Å². The molecule has 0 aliphatic carbocycles. The molecule has 0 saturated carbocycles. The number of hydrogen-bond acceptors (Lipinski definition) is 9. The van der Waals surface area contributed by atoms with Crippen LogP contribution in [0.4, 0.5) is 5.69 Å². The molecule has 2 aliphatic rings. The molecule has 1 unspecified atom stereocenters. The van der Waals surface area contributed by atoms with Gasteiger partial charge in [-0.3, -0.25) is 4.79 Å². The van der Waals surface area contributed by atoms with Crippen LogP contribution in [0.15, 0.2) is 47.4 Å². The monoisotopic (exact) mass is 502 g/mol. The summed E-state index contributed by atoms with van der Waals surface area (Å²) in [5.41, 5.74) is 0.556. The van der Waals surface area contributed by atoms with E-state index in [1.54, 1.807) is 42.5 Å². The van der Waals surface area contributed by atoms with Gasteiger partial charge in [0.05, 0.1) is 12.0 Å². The molecule has 0 bridgehead atoms. The zero-order valence-electron chi connectivity index (χ0n) is 18.3. The number of nitrogens with one attached hydrogen (secondary N) is 1. The normalized spacial score (nSPS) is 18.0. The van der Waals surface area contributed by atoms with E-state index < -0.39 is 10.0 Å². The highest BCUT2D eigenvalue weighted by Crippen LogP contribution is 2.35. The SMILES string of the molecule is COc1ccc(S(=O)(=O)N2CCCC(c3nnc(C(=O)Nc4ccc5c(c4)OCO5)s3)C2)cc1. The van der Waals surface area contributed by atoms with E-state index in [4.69, 9.17) is 14.2 Å². The molecule has 0 radical (unpaired) electrons. The number of fused-ring (bicyclic) bond motifs is 1. The number of sulfonamides is 1. The molecule has 12 heteroatoms. The van der Waals surface area contributed by atoms with Gasteiger partial charge in [0.1, 0.15) is 10.8 Å². The van der Waals surface area contributed by atoms with Crippen molar-refractivity contribution in [1.29, 1.82) is 0 Å². The average molecular weight is 503 g/mol. The van der Waals surface area contributed by atoms with Gasteiger partial charge in [-0.1, -0.05) is 11.3 Å². The van der Waals surface area contributed by atoms with Gasteiger partial charge in [-0.2, -0.15) is 4.31 Å². The maximum atomic E-state index is 13.1. The average Bonchev–Trinajstić information content (AvgIpc) is 3.54. The summed E-state index contributed by atoms with van der Waals surface area (Å²) in [6, 6.07) is 11.5. The fraction of sp³-hybridized carbons (Fsp3) is 0.318. The van der Waals surface area contributed by atoms with Gasteiger partial charge in [0.25, 0.3) is 5.91 Å². The zero-order valence-corrected chi connectivity index (χ0v) is 19.9. The summed E-state index contributed by atoms with van der Waals surface area (Å²) in [4.78, 5) is 12.9.